The number of nitrogens with zero attached hydrogens (tertiary/aromatic N) is 2. The van der Waals surface area contributed by atoms with Crippen molar-refractivity contribution in [2.45, 2.75) is 38.5 Å². The zero-order valence-electron chi connectivity index (χ0n) is 14.9. The van der Waals surface area contributed by atoms with Crippen LogP contribution in [-0.4, -0.2) is 81.5 Å². The number of rotatable bonds is 4. The SMILES string of the molecule is O=C(NCC1(CN2CCOCC2)CCCCC1)N1CCCOCC1. The molecule has 0 unspecified atom stereocenters. The van der Waals surface area contributed by atoms with Gasteiger partial charge in [0, 0.05) is 51.3 Å². The van der Waals surface area contributed by atoms with Crippen molar-refractivity contribution in [2.24, 2.45) is 5.41 Å². The molecule has 6 heteroatoms. The van der Waals surface area contributed by atoms with Crippen molar-refractivity contribution < 1.29 is 14.3 Å². The van der Waals surface area contributed by atoms with E-state index >= 15 is 0 Å². The van der Waals surface area contributed by atoms with Crippen molar-refractivity contribution in [3.8, 4) is 0 Å². The van der Waals surface area contributed by atoms with Crippen molar-refractivity contribution in [2.75, 3.05) is 65.7 Å². The normalized spacial score (nSPS) is 25.9. The maximum absolute atomic E-state index is 12.6. The van der Waals surface area contributed by atoms with E-state index in [-0.39, 0.29) is 11.4 Å². The second-order valence-electron chi connectivity index (χ2n) is 7.56. The van der Waals surface area contributed by atoms with Crippen LogP contribution in [-0.2, 0) is 9.47 Å². The van der Waals surface area contributed by atoms with Crippen LogP contribution in [0.25, 0.3) is 0 Å². The number of carbonyl (C=O) groups is 1. The van der Waals surface area contributed by atoms with Crippen molar-refractivity contribution in [1.29, 1.82) is 0 Å². The number of urea groups is 1. The molecule has 0 radical (unpaired) electrons. The van der Waals surface area contributed by atoms with Crippen LogP contribution >= 0.6 is 0 Å². The fourth-order valence-corrected chi connectivity index (χ4v) is 4.25. The predicted molar refractivity (Wildman–Crippen MR) is 93.2 cm³/mol. The molecule has 3 aliphatic rings. The highest BCUT2D eigenvalue weighted by Gasteiger charge is 2.35. The second kappa shape index (κ2) is 9.02. The fraction of sp³-hybridized carbons (Fsp3) is 0.944. The smallest absolute Gasteiger partial charge is 0.317 e. The molecule has 0 aromatic heterocycles. The van der Waals surface area contributed by atoms with E-state index in [1.165, 1.54) is 32.1 Å². The van der Waals surface area contributed by atoms with E-state index in [0.717, 1.165) is 59.0 Å². The molecule has 0 bridgehead atoms. The third-order valence-electron chi connectivity index (χ3n) is 5.70. The number of morpholine rings is 1. The zero-order valence-corrected chi connectivity index (χ0v) is 14.9. The van der Waals surface area contributed by atoms with Crippen molar-refractivity contribution in [3.63, 3.8) is 0 Å². The molecule has 0 atom stereocenters. The summed E-state index contributed by atoms with van der Waals surface area (Å²) in [6.45, 7) is 8.59. The Labute approximate surface area is 145 Å². The highest BCUT2D eigenvalue weighted by Crippen LogP contribution is 2.36. The molecule has 2 heterocycles. The average Bonchev–Trinajstić information content (AvgIpc) is 2.91. The van der Waals surface area contributed by atoms with Gasteiger partial charge in [0.2, 0.25) is 0 Å². The summed E-state index contributed by atoms with van der Waals surface area (Å²) in [6.07, 6.45) is 7.31. The minimum atomic E-state index is 0.0902. The Morgan fingerprint density at radius 1 is 0.875 bits per heavy atom. The third-order valence-corrected chi connectivity index (χ3v) is 5.70. The first kappa shape index (κ1) is 18.0. The first-order chi connectivity index (χ1) is 11.8. The monoisotopic (exact) mass is 339 g/mol. The van der Waals surface area contributed by atoms with Crippen LogP contribution in [0.4, 0.5) is 4.79 Å². The summed E-state index contributed by atoms with van der Waals surface area (Å²) in [5.41, 5.74) is 0.244. The Bertz CT molecular complexity index is 385. The lowest BCUT2D eigenvalue weighted by atomic mass is 9.73. The summed E-state index contributed by atoms with van der Waals surface area (Å²) >= 11 is 0. The molecule has 2 amide bonds. The molecular weight excluding hydrogens is 306 g/mol. The van der Waals surface area contributed by atoms with Gasteiger partial charge in [0.1, 0.15) is 0 Å². The molecule has 0 spiro atoms. The number of nitrogens with one attached hydrogen (secondary N) is 1. The number of hydrogen-bond acceptors (Lipinski definition) is 4. The van der Waals surface area contributed by atoms with E-state index in [0.29, 0.717) is 13.2 Å². The molecule has 24 heavy (non-hydrogen) atoms. The molecule has 0 aromatic carbocycles. The van der Waals surface area contributed by atoms with Gasteiger partial charge in [-0.3, -0.25) is 4.90 Å². The standard InChI is InChI=1S/C18H33N3O3/c22-17(21-7-4-11-23-14-10-21)19-15-18(5-2-1-3-6-18)16-20-8-12-24-13-9-20/h1-16H2,(H,19,22). The van der Waals surface area contributed by atoms with Gasteiger partial charge in [-0.25, -0.2) is 4.79 Å². The summed E-state index contributed by atoms with van der Waals surface area (Å²) in [7, 11) is 0. The third kappa shape index (κ3) is 5.07. The fourth-order valence-electron chi connectivity index (χ4n) is 4.25. The second-order valence-corrected chi connectivity index (χ2v) is 7.56. The largest absolute Gasteiger partial charge is 0.380 e. The van der Waals surface area contributed by atoms with Crippen LogP contribution in [0.1, 0.15) is 38.5 Å². The molecule has 2 saturated heterocycles. The highest BCUT2D eigenvalue weighted by molar-refractivity contribution is 5.74. The molecule has 1 saturated carbocycles. The van der Waals surface area contributed by atoms with Crippen LogP contribution in [0.3, 0.4) is 0 Å². The van der Waals surface area contributed by atoms with Gasteiger partial charge in [-0.15, -0.1) is 0 Å². The van der Waals surface area contributed by atoms with Gasteiger partial charge in [-0.1, -0.05) is 19.3 Å². The Morgan fingerprint density at radius 2 is 1.58 bits per heavy atom. The summed E-state index contributed by atoms with van der Waals surface area (Å²) < 4.78 is 10.9. The van der Waals surface area contributed by atoms with Gasteiger partial charge in [-0.2, -0.15) is 0 Å². The van der Waals surface area contributed by atoms with Gasteiger partial charge in [0.15, 0.2) is 0 Å². The van der Waals surface area contributed by atoms with E-state index in [1.54, 1.807) is 0 Å². The minimum Gasteiger partial charge on any atom is -0.380 e. The zero-order chi connectivity index (χ0) is 16.7. The molecule has 138 valence electrons. The summed E-state index contributed by atoms with van der Waals surface area (Å²) in [5.74, 6) is 0. The van der Waals surface area contributed by atoms with E-state index in [9.17, 15) is 4.79 Å². The maximum atomic E-state index is 12.6. The Morgan fingerprint density at radius 3 is 2.38 bits per heavy atom. The Hall–Kier alpha value is -0.850. The van der Waals surface area contributed by atoms with Gasteiger partial charge < -0.3 is 19.7 Å². The summed E-state index contributed by atoms with van der Waals surface area (Å²) in [6, 6.07) is 0.0902. The van der Waals surface area contributed by atoms with Gasteiger partial charge in [-0.05, 0) is 19.3 Å². The van der Waals surface area contributed by atoms with E-state index in [4.69, 9.17) is 9.47 Å². The Balaban J connectivity index is 1.53. The first-order valence-corrected chi connectivity index (χ1v) is 9.68. The van der Waals surface area contributed by atoms with Gasteiger partial charge in [0.25, 0.3) is 0 Å². The van der Waals surface area contributed by atoms with E-state index < -0.39 is 0 Å². The first-order valence-electron chi connectivity index (χ1n) is 9.68. The molecule has 3 fully saturated rings. The number of hydrogen-bond donors (Lipinski definition) is 1. The number of carbonyl (C=O) groups excluding carboxylic acids is 1. The number of ether oxygens (including phenoxy) is 2. The van der Waals surface area contributed by atoms with Gasteiger partial charge in [0.05, 0.1) is 19.8 Å². The van der Waals surface area contributed by atoms with Crippen molar-refractivity contribution in [3.05, 3.63) is 0 Å². The lowest BCUT2D eigenvalue weighted by Crippen LogP contribution is -2.51. The molecule has 0 aromatic rings. The Kier molecular flexibility index (Phi) is 6.75. The van der Waals surface area contributed by atoms with Crippen molar-refractivity contribution >= 4 is 6.03 Å². The average molecular weight is 339 g/mol. The minimum absolute atomic E-state index is 0.0902. The van der Waals surface area contributed by atoms with Gasteiger partial charge >= 0.3 is 6.03 Å². The summed E-state index contributed by atoms with van der Waals surface area (Å²) in [5, 5.41) is 3.25. The van der Waals surface area contributed by atoms with Crippen molar-refractivity contribution in [1.82, 2.24) is 15.1 Å². The topological polar surface area (TPSA) is 54.0 Å². The van der Waals surface area contributed by atoms with Crippen LogP contribution in [0.2, 0.25) is 0 Å². The molecular formula is C18H33N3O3. The highest BCUT2D eigenvalue weighted by atomic mass is 16.5. The van der Waals surface area contributed by atoms with Crippen LogP contribution in [0, 0.1) is 5.41 Å². The van der Waals surface area contributed by atoms with Crippen LogP contribution < -0.4 is 5.32 Å². The number of amides is 2. The molecule has 3 rings (SSSR count). The quantitative estimate of drug-likeness (QED) is 0.847. The maximum Gasteiger partial charge on any atom is 0.317 e. The van der Waals surface area contributed by atoms with E-state index in [2.05, 4.69) is 10.2 Å². The molecule has 1 aliphatic carbocycles. The van der Waals surface area contributed by atoms with E-state index in [1.807, 2.05) is 4.90 Å². The lowest BCUT2D eigenvalue weighted by molar-refractivity contribution is 0.00755. The molecule has 6 nitrogen and oxygen atoms in total. The molecule has 2 aliphatic heterocycles. The van der Waals surface area contributed by atoms with Crippen LogP contribution in [0.15, 0.2) is 0 Å². The molecule has 1 N–H and O–H groups in total. The summed E-state index contributed by atoms with van der Waals surface area (Å²) in [4.78, 5) is 17.0. The van der Waals surface area contributed by atoms with Crippen LogP contribution in [0.5, 0.6) is 0 Å². The predicted octanol–water partition coefficient (Wildman–Crippen LogP) is 1.70. The lowest BCUT2D eigenvalue weighted by Gasteiger charge is -2.42.